The molecule has 0 unspecified atom stereocenters. The van der Waals surface area contributed by atoms with E-state index in [4.69, 9.17) is 0 Å². The zero-order valence-corrected chi connectivity index (χ0v) is 17.7. The van der Waals surface area contributed by atoms with Crippen LogP contribution in [0.3, 0.4) is 0 Å². The molecule has 0 aliphatic heterocycles. The van der Waals surface area contributed by atoms with Crippen LogP contribution >= 0.6 is 7.92 Å². The van der Waals surface area contributed by atoms with Crippen molar-refractivity contribution in [2.45, 2.75) is 13.1 Å². The van der Waals surface area contributed by atoms with E-state index in [0.29, 0.717) is 0 Å². The summed E-state index contributed by atoms with van der Waals surface area (Å²) in [6.07, 6.45) is 0. The smallest absolute Gasteiger partial charge is 0.0227 e. The van der Waals surface area contributed by atoms with Crippen LogP contribution in [0.4, 0.5) is 0 Å². The van der Waals surface area contributed by atoms with E-state index in [1.165, 1.54) is 27.0 Å². The molecule has 0 spiro atoms. The largest absolute Gasteiger partial charge is 0.305 e. The van der Waals surface area contributed by atoms with Gasteiger partial charge in [0, 0.05) is 13.1 Å². The van der Waals surface area contributed by atoms with Crippen molar-refractivity contribution in [3.63, 3.8) is 0 Å². The summed E-state index contributed by atoms with van der Waals surface area (Å²) in [5.74, 6) is 0. The summed E-state index contributed by atoms with van der Waals surface area (Å²) in [6.45, 7) is 1.92. The Bertz CT molecular complexity index is 777. The molecule has 0 bridgehead atoms. The lowest BCUT2D eigenvalue weighted by Crippen LogP contribution is -2.23. The van der Waals surface area contributed by atoms with Crippen molar-refractivity contribution in [1.82, 2.24) is 9.80 Å². The Balaban J connectivity index is 2.13. The molecule has 140 valence electrons. The minimum absolute atomic E-state index is 0.565. The maximum absolute atomic E-state index is 2.41. The molecule has 0 aliphatic rings. The fraction of sp³-hybridized carbons (Fsp3) is 0.250. The van der Waals surface area contributed by atoms with Gasteiger partial charge in [0.05, 0.1) is 0 Å². The molecule has 3 rings (SSSR count). The average Bonchev–Trinajstić information content (AvgIpc) is 2.62. The highest BCUT2D eigenvalue weighted by atomic mass is 31.1. The van der Waals surface area contributed by atoms with Crippen molar-refractivity contribution in [3.05, 3.63) is 90.0 Å². The molecule has 0 aromatic heterocycles. The molecule has 2 nitrogen and oxygen atoms in total. The van der Waals surface area contributed by atoms with Crippen molar-refractivity contribution in [1.29, 1.82) is 0 Å². The third kappa shape index (κ3) is 5.49. The van der Waals surface area contributed by atoms with Gasteiger partial charge in [-0.2, -0.15) is 0 Å². The average molecular weight is 376 g/mol. The van der Waals surface area contributed by atoms with E-state index in [1.807, 2.05) is 0 Å². The molecule has 3 aromatic rings. The standard InChI is InChI=1S/C24H29N2P/c1-25(2)18-20-15-21(19-26(3)4)17-24(16-20)27(22-11-7-5-8-12-22)23-13-9-6-10-14-23/h5-17H,18-19H2,1-4H3. The maximum Gasteiger partial charge on any atom is 0.0227 e. The second kappa shape index (κ2) is 9.28. The number of rotatable bonds is 7. The first-order chi connectivity index (χ1) is 13.0. The van der Waals surface area contributed by atoms with Gasteiger partial charge < -0.3 is 9.80 Å². The van der Waals surface area contributed by atoms with Gasteiger partial charge in [-0.15, -0.1) is 0 Å². The van der Waals surface area contributed by atoms with Crippen molar-refractivity contribution in [2.24, 2.45) is 0 Å². The zero-order chi connectivity index (χ0) is 19.2. The van der Waals surface area contributed by atoms with Gasteiger partial charge in [-0.3, -0.25) is 0 Å². The van der Waals surface area contributed by atoms with Gasteiger partial charge in [-0.05, 0) is 75.3 Å². The van der Waals surface area contributed by atoms with Crippen molar-refractivity contribution < 1.29 is 0 Å². The first kappa shape index (κ1) is 19.8. The molecular weight excluding hydrogens is 347 g/mol. The molecule has 0 heterocycles. The van der Waals surface area contributed by atoms with Gasteiger partial charge in [0.2, 0.25) is 0 Å². The SMILES string of the molecule is CN(C)Cc1cc(CN(C)C)cc(P(c2ccccc2)c2ccccc2)c1. The fourth-order valence-electron chi connectivity index (χ4n) is 3.39. The Morgan fingerprint density at radius 3 is 1.33 bits per heavy atom. The van der Waals surface area contributed by atoms with Crippen LogP contribution in [-0.4, -0.2) is 38.0 Å². The summed E-state index contributed by atoms with van der Waals surface area (Å²) >= 11 is 0. The highest BCUT2D eigenvalue weighted by Gasteiger charge is 2.17. The highest BCUT2D eigenvalue weighted by molar-refractivity contribution is 7.79. The predicted octanol–water partition coefficient (Wildman–Crippen LogP) is 3.57. The Morgan fingerprint density at radius 1 is 0.556 bits per heavy atom. The minimum atomic E-state index is -0.565. The van der Waals surface area contributed by atoms with Gasteiger partial charge in [0.15, 0.2) is 0 Å². The van der Waals surface area contributed by atoms with E-state index in [2.05, 4.69) is 117 Å². The van der Waals surface area contributed by atoms with Crippen LogP contribution in [0.25, 0.3) is 0 Å². The predicted molar refractivity (Wildman–Crippen MR) is 120 cm³/mol. The molecule has 0 N–H and O–H groups in total. The second-order valence-corrected chi connectivity index (χ2v) is 9.71. The summed E-state index contributed by atoms with van der Waals surface area (Å²) in [4.78, 5) is 4.48. The zero-order valence-electron chi connectivity index (χ0n) is 16.8. The van der Waals surface area contributed by atoms with Crippen LogP contribution in [0, 0.1) is 0 Å². The molecule has 0 aliphatic carbocycles. The molecular formula is C24H29N2P. The van der Waals surface area contributed by atoms with Gasteiger partial charge >= 0.3 is 0 Å². The summed E-state index contributed by atoms with van der Waals surface area (Å²) < 4.78 is 0. The molecule has 0 saturated heterocycles. The number of nitrogens with zero attached hydrogens (tertiary/aromatic N) is 2. The lowest BCUT2D eigenvalue weighted by atomic mass is 10.1. The van der Waals surface area contributed by atoms with E-state index in [1.54, 1.807) is 0 Å². The number of hydrogen-bond acceptors (Lipinski definition) is 2. The normalized spacial score (nSPS) is 11.5. The lowest BCUT2D eigenvalue weighted by molar-refractivity contribution is 0.396. The minimum Gasteiger partial charge on any atom is -0.305 e. The Kier molecular flexibility index (Phi) is 6.79. The quantitative estimate of drug-likeness (QED) is 0.582. The second-order valence-electron chi connectivity index (χ2n) is 7.49. The van der Waals surface area contributed by atoms with Gasteiger partial charge in [-0.1, -0.05) is 66.7 Å². The lowest BCUT2D eigenvalue weighted by Gasteiger charge is -2.22. The van der Waals surface area contributed by atoms with Gasteiger partial charge in [0.25, 0.3) is 0 Å². The first-order valence-corrected chi connectivity index (χ1v) is 10.7. The Labute approximate surface area is 165 Å². The molecule has 0 fully saturated rings. The topological polar surface area (TPSA) is 6.48 Å². The number of hydrogen-bond donors (Lipinski definition) is 0. The van der Waals surface area contributed by atoms with Crippen LogP contribution in [0.5, 0.6) is 0 Å². The summed E-state index contributed by atoms with van der Waals surface area (Å²) in [5.41, 5.74) is 2.77. The Hall–Kier alpha value is -1.99. The maximum atomic E-state index is 2.41. The van der Waals surface area contributed by atoms with E-state index in [0.717, 1.165) is 13.1 Å². The van der Waals surface area contributed by atoms with E-state index in [9.17, 15) is 0 Å². The van der Waals surface area contributed by atoms with E-state index in [-0.39, 0.29) is 0 Å². The number of benzene rings is 3. The van der Waals surface area contributed by atoms with Gasteiger partial charge in [-0.25, -0.2) is 0 Å². The van der Waals surface area contributed by atoms with E-state index >= 15 is 0 Å². The summed E-state index contributed by atoms with van der Waals surface area (Å²) in [5, 5.41) is 4.23. The fourth-order valence-corrected chi connectivity index (χ4v) is 5.81. The molecule has 27 heavy (non-hydrogen) atoms. The highest BCUT2D eigenvalue weighted by Crippen LogP contribution is 2.33. The monoisotopic (exact) mass is 376 g/mol. The molecule has 3 heteroatoms. The summed E-state index contributed by atoms with van der Waals surface area (Å²) in [7, 11) is 7.97. The summed E-state index contributed by atoms with van der Waals surface area (Å²) in [6, 6.07) is 29.0. The molecule has 0 radical (unpaired) electrons. The van der Waals surface area contributed by atoms with Crippen molar-refractivity contribution in [3.8, 4) is 0 Å². The van der Waals surface area contributed by atoms with Crippen LogP contribution < -0.4 is 15.9 Å². The van der Waals surface area contributed by atoms with Crippen molar-refractivity contribution >= 4 is 23.8 Å². The van der Waals surface area contributed by atoms with Crippen LogP contribution in [0.15, 0.2) is 78.9 Å². The first-order valence-electron chi connectivity index (χ1n) is 9.35. The Morgan fingerprint density at radius 2 is 0.963 bits per heavy atom. The van der Waals surface area contributed by atoms with Crippen LogP contribution in [0.2, 0.25) is 0 Å². The third-order valence-electron chi connectivity index (χ3n) is 4.32. The van der Waals surface area contributed by atoms with Gasteiger partial charge in [0.1, 0.15) is 0 Å². The van der Waals surface area contributed by atoms with Crippen LogP contribution in [0.1, 0.15) is 11.1 Å². The van der Waals surface area contributed by atoms with Crippen molar-refractivity contribution in [2.75, 3.05) is 28.2 Å². The molecule has 0 saturated carbocycles. The molecule has 0 atom stereocenters. The van der Waals surface area contributed by atoms with E-state index < -0.39 is 7.92 Å². The third-order valence-corrected chi connectivity index (χ3v) is 6.73. The molecule has 0 amide bonds. The molecule has 3 aromatic carbocycles. The van der Waals surface area contributed by atoms with Crippen LogP contribution in [-0.2, 0) is 13.1 Å².